The van der Waals surface area contributed by atoms with Crippen molar-refractivity contribution in [1.29, 1.82) is 0 Å². The van der Waals surface area contributed by atoms with Crippen LogP contribution in [0.25, 0.3) is 0 Å². The van der Waals surface area contributed by atoms with Crippen LogP contribution in [0, 0.1) is 5.41 Å². The molecule has 0 rings (SSSR count). The van der Waals surface area contributed by atoms with Crippen molar-refractivity contribution in [1.82, 2.24) is 5.32 Å². The van der Waals surface area contributed by atoms with Crippen molar-refractivity contribution in [3.05, 3.63) is 0 Å². The van der Waals surface area contributed by atoms with E-state index < -0.39 is 5.41 Å². The van der Waals surface area contributed by atoms with E-state index in [1.54, 1.807) is 6.92 Å². The van der Waals surface area contributed by atoms with Crippen LogP contribution in [0.3, 0.4) is 0 Å². The molecule has 0 aromatic carbocycles. The van der Waals surface area contributed by atoms with Crippen molar-refractivity contribution in [2.75, 3.05) is 26.4 Å². The van der Waals surface area contributed by atoms with Crippen LogP contribution in [0.15, 0.2) is 0 Å². The number of nitrogens with one attached hydrogen (secondary N) is 1. The maximum atomic E-state index is 8.99. The molecule has 0 heterocycles. The third-order valence-corrected chi connectivity index (χ3v) is 2.15. The SMILES string of the molecule is CC(CO)(CO)CNC(C)(C)CO. The van der Waals surface area contributed by atoms with Gasteiger partial charge in [0.15, 0.2) is 0 Å². The minimum absolute atomic E-state index is 0.0277. The Hall–Kier alpha value is -0.160. The summed E-state index contributed by atoms with van der Waals surface area (Å²) in [7, 11) is 0. The summed E-state index contributed by atoms with van der Waals surface area (Å²) in [6, 6.07) is 0. The standard InChI is InChI=1S/C9H21NO3/c1-8(2,5-11)10-4-9(3,6-12)7-13/h10-13H,4-7H2,1-3H3. The van der Waals surface area contributed by atoms with Crippen molar-refractivity contribution in [3.63, 3.8) is 0 Å². The summed E-state index contributed by atoms with van der Waals surface area (Å²) in [5, 5.41) is 30.0. The zero-order valence-corrected chi connectivity index (χ0v) is 8.67. The Labute approximate surface area is 79.6 Å². The smallest absolute Gasteiger partial charge is 0.0607 e. The molecule has 4 nitrogen and oxygen atoms in total. The Bertz CT molecular complexity index is 144. The molecular formula is C9H21NO3. The second-order valence-corrected chi connectivity index (χ2v) is 4.52. The molecular weight excluding hydrogens is 170 g/mol. The van der Waals surface area contributed by atoms with Gasteiger partial charge in [0.2, 0.25) is 0 Å². The van der Waals surface area contributed by atoms with Gasteiger partial charge in [-0.05, 0) is 13.8 Å². The summed E-state index contributed by atoms with van der Waals surface area (Å²) >= 11 is 0. The number of hydrogen-bond donors (Lipinski definition) is 4. The maximum absolute atomic E-state index is 8.99. The zero-order chi connectivity index (χ0) is 10.5. The number of hydrogen-bond acceptors (Lipinski definition) is 4. The minimum atomic E-state index is -0.521. The fourth-order valence-corrected chi connectivity index (χ4v) is 0.670. The molecule has 0 bridgehead atoms. The number of rotatable bonds is 6. The van der Waals surface area contributed by atoms with E-state index in [4.69, 9.17) is 15.3 Å². The quantitative estimate of drug-likeness (QED) is 0.450. The Kier molecular flexibility index (Phi) is 4.85. The Morgan fingerprint density at radius 1 is 0.923 bits per heavy atom. The Morgan fingerprint density at radius 3 is 1.69 bits per heavy atom. The largest absolute Gasteiger partial charge is 0.396 e. The average Bonchev–Trinajstić information content (AvgIpc) is 2.14. The molecule has 0 spiro atoms. The summed E-state index contributed by atoms with van der Waals surface area (Å²) in [4.78, 5) is 0. The van der Waals surface area contributed by atoms with Gasteiger partial charge in [0.1, 0.15) is 0 Å². The predicted octanol–water partition coefficient (Wildman–Crippen LogP) is -0.662. The lowest BCUT2D eigenvalue weighted by atomic mass is 9.91. The first-order valence-electron chi connectivity index (χ1n) is 4.47. The molecule has 0 aromatic rings. The van der Waals surface area contributed by atoms with Crippen LogP contribution in [0.1, 0.15) is 20.8 Å². The lowest BCUT2D eigenvalue weighted by Crippen LogP contribution is -2.49. The second-order valence-electron chi connectivity index (χ2n) is 4.52. The fraction of sp³-hybridized carbons (Fsp3) is 1.00. The third-order valence-electron chi connectivity index (χ3n) is 2.15. The van der Waals surface area contributed by atoms with Crippen LogP contribution in [0.2, 0.25) is 0 Å². The lowest BCUT2D eigenvalue weighted by molar-refractivity contribution is 0.0581. The third kappa shape index (κ3) is 4.57. The molecule has 0 saturated heterocycles. The van der Waals surface area contributed by atoms with Gasteiger partial charge in [-0.2, -0.15) is 0 Å². The molecule has 0 aliphatic rings. The minimum Gasteiger partial charge on any atom is -0.396 e. The maximum Gasteiger partial charge on any atom is 0.0607 e. The molecule has 80 valence electrons. The van der Waals surface area contributed by atoms with Gasteiger partial charge in [0.05, 0.1) is 19.8 Å². The van der Waals surface area contributed by atoms with Crippen molar-refractivity contribution < 1.29 is 15.3 Å². The molecule has 0 aromatic heterocycles. The van der Waals surface area contributed by atoms with Crippen molar-refractivity contribution in [2.45, 2.75) is 26.3 Å². The summed E-state index contributed by atoms with van der Waals surface area (Å²) in [5.41, 5.74) is -0.891. The van der Waals surface area contributed by atoms with E-state index >= 15 is 0 Å². The molecule has 13 heavy (non-hydrogen) atoms. The first-order valence-corrected chi connectivity index (χ1v) is 4.47. The van der Waals surface area contributed by atoms with Crippen LogP contribution in [-0.2, 0) is 0 Å². The highest BCUT2D eigenvalue weighted by Gasteiger charge is 2.25. The van der Waals surface area contributed by atoms with E-state index in [0.29, 0.717) is 6.54 Å². The molecule has 0 amide bonds. The summed E-state index contributed by atoms with van der Waals surface area (Å²) in [6.07, 6.45) is 0. The average molecular weight is 191 g/mol. The summed E-state index contributed by atoms with van der Waals surface area (Å²) in [6.45, 7) is 5.88. The Balaban J connectivity index is 3.99. The highest BCUT2D eigenvalue weighted by Crippen LogP contribution is 2.14. The van der Waals surface area contributed by atoms with Crippen molar-refractivity contribution in [3.8, 4) is 0 Å². The molecule has 0 unspecified atom stereocenters. The summed E-state index contributed by atoms with van der Waals surface area (Å²) < 4.78 is 0. The van der Waals surface area contributed by atoms with Gasteiger partial charge in [0.25, 0.3) is 0 Å². The second kappa shape index (κ2) is 4.91. The van der Waals surface area contributed by atoms with Crippen molar-refractivity contribution in [2.24, 2.45) is 5.41 Å². The lowest BCUT2D eigenvalue weighted by Gasteiger charge is -2.31. The van der Waals surface area contributed by atoms with Gasteiger partial charge in [-0.25, -0.2) is 0 Å². The summed E-state index contributed by atoms with van der Waals surface area (Å²) in [5.74, 6) is 0. The predicted molar refractivity (Wildman–Crippen MR) is 51.4 cm³/mol. The first kappa shape index (κ1) is 12.8. The van der Waals surface area contributed by atoms with Crippen LogP contribution >= 0.6 is 0 Å². The van der Waals surface area contributed by atoms with Gasteiger partial charge < -0.3 is 20.6 Å². The molecule has 0 aliphatic carbocycles. The van der Waals surface area contributed by atoms with Crippen molar-refractivity contribution >= 4 is 0 Å². The van der Waals surface area contributed by atoms with Crippen LogP contribution in [-0.4, -0.2) is 47.2 Å². The van der Waals surface area contributed by atoms with E-state index in [9.17, 15) is 0 Å². The molecule has 0 fully saturated rings. The van der Waals surface area contributed by atoms with Gasteiger partial charge in [-0.3, -0.25) is 0 Å². The number of aliphatic hydroxyl groups excluding tert-OH is 3. The molecule has 4 N–H and O–H groups in total. The highest BCUT2D eigenvalue weighted by molar-refractivity contribution is 4.82. The molecule has 0 atom stereocenters. The normalized spacial score (nSPS) is 13.4. The number of aliphatic hydroxyl groups is 3. The first-order chi connectivity index (χ1) is 5.89. The van der Waals surface area contributed by atoms with Crippen LogP contribution in [0.4, 0.5) is 0 Å². The zero-order valence-electron chi connectivity index (χ0n) is 8.67. The molecule has 4 heteroatoms. The van der Waals surface area contributed by atoms with E-state index in [1.165, 1.54) is 0 Å². The van der Waals surface area contributed by atoms with Gasteiger partial charge in [-0.1, -0.05) is 6.92 Å². The van der Waals surface area contributed by atoms with E-state index in [-0.39, 0.29) is 25.4 Å². The van der Waals surface area contributed by atoms with Gasteiger partial charge >= 0.3 is 0 Å². The molecule has 0 aliphatic heterocycles. The fourth-order valence-electron chi connectivity index (χ4n) is 0.670. The van der Waals surface area contributed by atoms with Crippen LogP contribution < -0.4 is 5.32 Å². The Morgan fingerprint density at radius 2 is 1.38 bits per heavy atom. The van der Waals surface area contributed by atoms with E-state index in [0.717, 1.165) is 0 Å². The van der Waals surface area contributed by atoms with Gasteiger partial charge in [-0.15, -0.1) is 0 Å². The molecule has 0 radical (unpaired) electrons. The highest BCUT2D eigenvalue weighted by atomic mass is 16.3. The van der Waals surface area contributed by atoms with E-state index in [2.05, 4.69) is 5.32 Å². The molecule has 0 saturated carbocycles. The van der Waals surface area contributed by atoms with Gasteiger partial charge in [0, 0.05) is 17.5 Å². The topological polar surface area (TPSA) is 72.7 Å². The van der Waals surface area contributed by atoms with Crippen LogP contribution in [0.5, 0.6) is 0 Å². The van der Waals surface area contributed by atoms with E-state index in [1.807, 2.05) is 13.8 Å². The monoisotopic (exact) mass is 191 g/mol.